The van der Waals surface area contributed by atoms with Gasteiger partial charge in [-0.25, -0.2) is 8.42 Å². The Kier molecular flexibility index (Phi) is 6.96. The fraction of sp³-hybridized carbons (Fsp3) is 0.556. The van der Waals surface area contributed by atoms with Crippen molar-refractivity contribution in [3.05, 3.63) is 29.8 Å². The molecule has 1 fully saturated rings. The number of carbonyl (C=O) groups is 2. The summed E-state index contributed by atoms with van der Waals surface area (Å²) in [7, 11) is -3.83. The van der Waals surface area contributed by atoms with Gasteiger partial charge >= 0.3 is 5.97 Å². The standard InChI is InChI=1S/C18H26N2O6S/c1-12-5-7-16(8-6-12)27(23,24)19-9-17(21)26-15(4)18(22)20-10-13(2)25-14(3)11-20/h5-8,13-15,19H,9-11H2,1-4H3. The summed E-state index contributed by atoms with van der Waals surface area (Å²) in [6.07, 6.45) is -1.19. The highest BCUT2D eigenvalue weighted by Crippen LogP contribution is 2.13. The molecule has 1 aliphatic heterocycles. The normalized spacial score (nSPS) is 21.6. The summed E-state index contributed by atoms with van der Waals surface area (Å²) in [5.41, 5.74) is 0.924. The number of amides is 1. The van der Waals surface area contributed by atoms with E-state index in [9.17, 15) is 18.0 Å². The van der Waals surface area contributed by atoms with Crippen LogP contribution in [0.4, 0.5) is 0 Å². The van der Waals surface area contributed by atoms with Gasteiger partial charge in [0.25, 0.3) is 5.91 Å². The third-order valence-electron chi connectivity index (χ3n) is 4.13. The number of rotatable bonds is 6. The minimum Gasteiger partial charge on any atom is -0.452 e. The molecule has 3 atom stereocenters. The number of ether oxygens (including phenoxy) is 2. The van der Waals surface area contributed by atoms with Crippen LogP contribution in [-0.4, -0.2) is 63.1 Å². The van der Waals surface area contributed by atoms with Crippen LogP contribution in [0.25, 0.3) is 0 Å². The fourth-order valence-electron chi connectivity index (χ4n) is 2.86. The number of aryl methyl sites for hydroxylation is 1. The largest absolute Gasteiger partial charge is 0.452 e. The number of carbonyl (C=O) groups excluding carboxylic acids is 2. The van der Waals surface area contributed by atoms with Crippen molar-refractivity contribution < 1.29 is 27.5 Å². The number of esters is 1. The molecule has 0 saturated carbocycles. The van der Waals surface area contributed by atoms with Crippen LogP contribution < -0.4 is 4.72 Å². The Bertz CT molecular complexity index is 768. The number of sulfonamides is 1. The number of nitrogens with zero attached hydrogens (tertiary/aromatic N) is 1. The predicted molar refractivity (Wildman–Crippen MR) is 98.5 cm³/mol. The second kappa shape index (κ2) is 8.81. The smallest absolute Gasteiger partial charge is 0.321 e. The van der Waals surface area contributed by atoms with E-state index >= 15 is 0 Å². The van der Waals surface area contributed by atoms with E-state index in [0.29, 0.717) is 13.1 Å². The molecule has 2 rings (SSSR count). The minimum atomic E-state index is -3.83. The summed E-state index contributed by atoms with van der Waals surface area (Å²) in [5.74, 6) is -1.15. The van der Waals surface area contributed by atoms with Gasteiger partial charge < -0.3 is 14.4 Å². The Morgan fingerprint density at radius 3 is 2.33 bits per heavy atom. The van der Waals surface area contributed by atoms with Crippen LogP contribution in [0.1, 0.15) is 26.3 Å². The third-order valence-corrected chi connectivity index (χ3v) is 5.54. The maximum atomic E-state index is 12.4. The van der Waals surface area contributed by atoms with Crippen molar-refractivity contribution in [3.8, 4) is 0 Å². The van der Waals surface area contributed by atoms with E-state index in [0.717, 1.165) is 5.56 Å². The molecule has 8 nitrogen and oxygen atoms in total. The SMILES string of the molecule is Cc1ccc(S(=O)(=O)NCC(=O)OC(C)C(=O)N2CC(C)OC(C)C2)cc1. The average molecular weight is 398 g/mol. The molecule has 3 unspecified atom stereocenters. The zero-order valence-corrected chi connectivity index (χ0v) is 16.8. The van der Waals surface area contributed by atoms with Crippen LogP contribution in [0, 0.1) is 6.92 Å². The van der Waals surface area contributed by atoms with Gasteiger partial charge in [0, 0.05) is 13.1 Å². The van der Waals surface area contributed by atoms with Gasteiger partial charge in [0.1, 0.15) is 6.54 Å². The molecule has 1 N–H and O–H groups in total. The number of hydrogen-bond acceptors (Lipinski definition) is 6. The highest BCUT2D eigenvalue weighted by molar-refractivity contribution is 7.89. The molecule has 0 radical (unpaired) electrons. The van der Waals surface area contributed by atoms with Crippen LogP contribution in [0.3, 0.4) is 0 Å². The van der Waals surface area contributed by atoms with Gasteiger partial charge in [0.15, 0.2) is 6.10 Å². The lowest BCUT2D eigenvalue weighted by atomic mass is 10.2. The second-order valence-corrected chi connectivity index (χ2v) is 8.54. The van der Waals surface area contributed by atoms with Gasteiger partial charge in [-0.1, -0.05) is 17.7 Å². The van der Waals surface area contributed by atoms with Crippen molar-refractivity contribution in [1.29, 1.82) is 0 Å². The minimum absolute atomic E-state index is 0.0568. The molecule has 1 saturated heterocycles. The Hall–Kier alpha value is -1.97. The van der Waals surface area contributed by atoms with Gasteiger partial charge in [0.2, 0.25) is 10.0 Å². The monoisotopic (exact) mass is 398 g/mol. The number of benzene rings is 1. The molecule has 0 aliphatic carbocycles. The van der Waals surface area contributed by atoms with Crippen molar-refractivity contribution in [2.24, 2.45) is 0 Å². The van der Waals surface area contributed by atoms with E-state index in [2.05, 4.69) is 4.72 Å². The summed E-state index contributed by atoms with van der Waals surface area (Å²) in [6, 6.07) is 6.24. The Labute approximate surface area is 159 Å². The quantitative estimate of drug-likeness (QED) is 0.713. The summed E-state index contributed by atoms with van der Waals surface area (Å²) >= 11 is 0. The Balaban J connectivity index is 1.87. The lowest BCUT2D eigenvalue weighted by Gasteiger charge is -2.36. The van der Waals surface area contributed by atoms with Gasteiger partial charge in [0.05, 0.1) is 17.1 Å². The van der Waals surface area contributed by atoms with Crippen LogP contribution >= 0.6 is 0 Å². The molecule has 9 heteroatoms. The third kappa shape index (κ3) is 6.02. The zero-order valence-electron chi connectivity index (χ0n) is 16.0. The molecule has 150 valence electrons. The van der Waals surface area contributed by atoms with Crippen molar-refractivity contribution in [2.45, 2.75) is 50.9 Å². The summed E-state index contributed by atoms with van der Waals surface area (Å²) in [4.78, 5) is 26.0. The van der Waals surface area contributed by atoms with Crippen LogP contribution in [0.2, 0.25) is 0 Å². The summed E-state index contributed by atoms with van der Waals surface area (Å²) in [5, 5.41) is 0. The number of nitrogens with one attached hydrogen (secondary N) is 1. The number of hydrogen-bond donors (Lipinski definition) is 1. The van der Waals surface area contributed by atoms with Gasteiger partial charge in [-0.05, 0) is 39.8 Å². The molecule has 0 spiro atoms. The molecule has 27 heavy (non-hydrogen) atoms. The van der Waals surface area contributed by atoms with E-state index in [1.807, 2.05) is 20.8 Å². The van der Waals surface area contributed by atoms with E-state index in [1.165, 1.54) is 19.1 Å². The molecular formula is C18H26N2O6S. The highest BCUT2D eigenvalue weighted by Gasteiger charge is 2.30. The van der Waals surface area contributed by atoms with Crippen molar-refractivity contribution in [2.75, 3.05) is 19.6 Å². The predicted octanol–water partition coefficient (Wildman–Crippen LogP) is 0.841. The van der Waals surface area contributed by atoms with Crippen molar-refractivity contribution in [1.82, 2.24) is 9.62 Å². The lowest BCUT2D eigenvalue weighted by Crippen LogP contribution is -2.51. The molecule has 1 heterocycles. The average Bonchev–Trinajstić information content (AvgIpc) is 2.59. The maximum absolute atomic E-state index is 12.4. The van der Waals surface area contributed by atoms with Crippen molar-refractivity contribution >= 4 is 21.9 Å². The topological polar surface area (TPSA) is 102 Å². The van der Waals surface area contributed by atoms with E-state index in [-0.39, 0.29) is 23.0 Å². The van der Waals surface area contributed by atoms with E-state index in [1.54, 1.807) is 17.0 Å². The molecule has 1 aromatic rings. The molecule has 1 aliphatic rings. The lowest BCUT2D eigenvalue weighted by molar-refractivity contribution is -0.163. The zero-order chi connectivity index (χ0) is 20.2. The Morgan fingerprint density at radius 1 is 1.22 bits per heavy atom. The van der Waals surface area contributed by atoms with Gasteiger partial charge in [-0.15, -0.1) is 0 Å². The van der Waals surface area contributed by atoms with Crippen LogP contribution in [0.5, 0.6) is 0 Å². The fourth-order valence-corrected chi connectivity index (χ4v) is 3.83. The summed E-state index contributed by atoms with van der Waals surface area (Å²) < 4.78 is 37.2. The second-order valence-electron chi connectivity index (χ2n) is 6.77. The van der Waals surface area contributed by atoms with E-state index in [4.69, 9.17) is 9.47 Å². The first-order valence-corrected chi connectivity index (χ1v) is 10.3. The molecule has 1 amide bonds. The molecule has 0 bridgehead atoms. The van der Waals surface area contributed by atoms with Crippen molar-refractivity contribution in [3.63, 3.8) is 0 Å². The van der Waals surface area contributed by atoms with Crippen LogP contribution in [0.15, 0.2) is 29.2 Å². The first kappa shape index (κ1) is 21.3. The molecular weight excluding hydrogens is 372 g/mol. The highest BCUT2D eigenvalue weighted by atomic mass is 32.2. The first-order valence-electron chi connectivity index (χ1n) is 8.78. The Morgan fingerprint density at radius 2 is 1.78 bits per heavy atom. The maximum Gasteiger partial charge on any atom is 0.321 e. The first-order chi connectivity index (χ1) is 12.6. The molecule has 1 aromatic carbocycles. The van der Waals surface area contributed by atoms with Gasteiger partial charge in [-0.2, -0.15) is 4.72 Å². The number of morpholine rings is 1. The van der Waals surface area contributed by atoms with E-state index < -0.39 is 28.6 Å². The van der Waals surface area contributed by atoms with Crippen LogP contribution in [-0.2, 0) is 29.1 Å². The molecule has 0 aromatic heterocycles. The summed E-state index contributed by atoms with van der Waals surface area (Å²) in [6.45, 7) is 7.34. The van der Waals surface area contributed by atoms with Gasteiger partial charge in [-0.3, -0.25) is 9.59 Å².